The molecule has 0 atom stereocenters. The van der Waals surface area contributed by atoms with Gasteiger partial charge in [0.1, 0.15) is 17.2 Å². The lowest BCUT2D eigenvalue weighted by Crippen LogP contribution is -2.35. The summed E-state index contributed by atoms with van der Waals surface area (Å²) in [5, 5.41) is 7.68. The molecule has 0 radical (unpaired) electrons. The van der Waals surface area contributed by atoms with Crippen LogP contribution in [0.1, 0.15) is 16.8 Å². The first-order valence-corrected chi connectivity index (χ1v) is 13.3. The molecule has 0 spiro atoms. The molecule has 200 valence electrons. The minimum Gasteiger partial charge on any atom is -0.497 e. The van der Waals surface area contributed by atoms with Gasteiger partial charge in [-0.1, -0.05) is 30.3 Å². The molecule has 6 rings (SSSR count). The number of methoxy groups -OCH3 is 2. The number of aromatic amines is 2. The van der Waals surface area contributed by atoms with E-state index < -0.39 is 0 Å². The largest absolute Gasteiger partial charge is 0.497 e. The van der Waals surface area contributed by atoms with Gasteiger partial charge >= 0.3 is 0 Å². The first kappa shape index (κ1) is 25.2. The molecule has 1 aliphatic rings. The first-order chi connectivity index (χ1) is 19.2. The van der Waals surface area contributed by atoms with Crippen molar-refractivity contribution in [3.63, 3.8) is 0 Å². The highest BCUT2D eigenvalue weighted by Crippen LogP contribution is 2.27. The second-order valence-corrected chi connectivity index (χ2v) is 9.90. The molecule has 3 heterocycles. The zero-order valence-corrected chi connectivity index (χ0v) is 22.4. The average molecular weight is 524 g/mol. The van der Waals surface area contributed by atoms with E-state index in [1.165, 1.54) is 11.1 Å². The third-order valence-corrected chi connectivity index (χ3v) is 7.25. The van der Waals surface area contributed by atoms with Crippen LogP contribution >= 0.6 is 0 Å². The fraction of sp³-hybridized carbons (Fsp3) is 0.290. The van der Waals surface area contributed by atoms with Crippen LogP contribution in [0.25, 0.3) is 33.7 Å². The summed E-state index contributed by atoms with van der Waals surface area (Å²) in [5.41, 5.74) is 8.57. The van der Waals surface area contributed by atoms with E-state index in [2.05, 4.69) is 68.6 Å². The predicted octanol–water partition coefficient (Wildman–Crippen LogP) is 5.25. The Morgan fingerprint density at radius 1 is 0.821 bits per heavy atom. The molecule has 0 amide bonds. The average Bonchev–Trinajstić information content (AvgIpc) is 3.63. The maximum absolute atomic E-state index is 5.46. The Kier molecular flexibility index (Phi) is 7.29. The fourth-order valence-electron chi connectivity index (χ4n) is 5.03. The molecule has 0 unspecified atom stereocenters. The van der Waals surface area contributed by atoms with Crippen LogP contribution in [0, 0.1) is 0 Å². The predicted molar refractivity (Wildman–Crippen MR) is 152 cm³/mol. The van der Waals surface area contributed by atoms with Gasteiger partial charge in [0.05, 0.1) is 38.5 Å². The number of fused-ring (bicyclic) bond motifs is 1. The molecule has 39 heavy (non-hydrogen) atoms. The Morgan fingerprint density at radius 3 is 2.31 bits per heavy atom. The zero-order valence-electron chi connectivity index (χ0n) is 22.4. The molecule has 8 nitrogen and oxygen atoms in total. The monoisotopic (exact) mass is 523 g/mol. The van der Waals surface area contributed by atoms with Gasteiger partial charge in [-0.05, 0) is 65.4 Å². The molecular formula is C31H33N5O3. The van der Waals surface area contributed by atoms with Crippen molar-refractivity contribution in [2.24, 2.45) is 0 Å². The lowest BCUT2D eigenvalue weighted by atomic mass is 10.0. The molecule has 5 aromatic rings. The van der Waals surface area contributed by atoms with Crippen LogP contribution in [0.15, 0.2) is 66.7 Å². The van der Waals surface area contributed by atoms with Crippen molar-refractivity contribution in [3.05, 3.63) is 83.6 Å². The van der Waals surface area contributed by atoms with E-state index in [0.29, 0.717) is 0 Å². The second kappa shape index (κ2) is 11.3. The lowest BCUT2D eigenvalue weighted by Gasteiger charge is -2.26. The first-order valence-electron chi connectivity index (χ1n) is 13.3. The molecule has 2 aromatic heterocycles. The molecule has 1 saturated heterocycles. The SMILES string of the molecule is COc1cc(CCc2cc(-c3nc4cc(-c5ccc(CN6CCOCC6)cc5)ccc4[nH]3)n[nH]2)cc(OC)c1. The van der Waals surface area contributed by atoms with Crippen LogP contribution in [0.5, 0.6) is 11.5 Å². The molecular weight excluding hydrogens is 490 g/mol. The van der Waals surface area contributed by atoms with E-state index >= 15 is 0 Å². The zero-order chi connectivity index (χ0) is 26.6. The number of rotatable bonds is 9. The Morgan fingerprint density at radius 2 is 1.56 bits per heavy atom. The highest BCUT2D eigenvalue weighted by Gasteiger charge is 2.13. The maximum atomic E-state index is 5.46. The number of aromatic nitrogens is 4. The number of benzene rings is 3. The number of hydrogen-bond donors (Lipinski definition) is 2. The Labute approximate surface area is 227 Å². The van der Waals surface area contributed by atoms with Crippen LogP contribution in [-0.4, -0.2) is 65.6 Å². The molecule has 1 fully saturated rings. The highest BCUT2D eigenvalue weighted by molar-refractivity contribution is 5.84. The number of ether oxygens (including phenoxy) is 3. The summed E-state index contributed by atoms with van der Waals surface area (Å²) < 4.78 is 16.2. The normalized spacial score (nSPS) is 14.1. The quantitative estimate of drug-likeness (QED) is 0.274. The number of nitrogens with one attached hydrogen (secondary N) is 2. The van der Waals surface area contributed by atoms with Crippen molar-refractivity contribution in [2.45, 2.75) is 19.4 Å². The van der Waals surface area contributed by atoms with Crippen LogP contribution < -0.4 is 9.47 Å². The molecule has 2 N–H and O–H groups in total. The van der Waals surface area contributed by atoms with Gasteiger partial charge < -0.3 is 19.2 Å². The summed E-state index contributed by atoms with van der Waals surface area (Å²) in [4.78, 5) is 10.7. The van der Waals surface area contributed by atoms with Crippen molar-refractivity contribution in [2.75, 3.05) is 40.5 Å². The number of morpholine rings is 1. The van der Waals surface area contributed by atoms with Gasteiger partial charge in [-0.15, -0.1) is 0 Å². The minimum atomic E-state index is 0.758. The third kappa shape index (κ3) is 5.82. The molecule has 8 heteroatoms. The van der Waals surface area contributed by atoms with Gasteiger partial charge in [0.25, 0.3) is 0 Å². The van der Waals surface area contributed by atoms with Crippen LogP contribution in [0.2, 0.25) is 0 Å². The van der Waals surface area contributed by atoms with Crippen LogP contribution in [0.4, 0.5) is 0 Å². The topological polar surface area (TPSA) is 88.3 Å². The Hall–Kier alpha value is -4.14. The number of imidazole rings is 1. The van der Waals surface area contributed by atoms with Gasteiger partial charge in [-0.2, -0.15) is 5.10 Å². The number of nitrogens with zero attached hydrogens (tertiary/aromatic N) is 3. The molecule has 0 aliphatic carbocycles. The Balaban J connectivity index is 1.14. The fourth-order valence-corrected chi connectivity index (χ4v) is 5.03. The van der Waals surface area contributed by atoms with E-state index in [9.17, 15) is 0 Å². The number of hydrogen-bond acceptors (Lipinski definition) is 6. The highest BCUT2D eigenvalue weighted by atomic mass is 16.5. The van der Waals surface area contributed by atoms with Gasteiger partial charge in [0.2, 0.25) is 0 Å². The Bertz CT molecular complexity index is 1530. The third-order valence-electron chi connectivity index (χ3n) is 7.25. The van der Waals surface area contributed by atoms with Crippen molar-refractivity contribution >= 4 is 11.0 Å². The van der Waals surface area contributed by atoms with E-state index in [4.69, 9.17) is 19.2 Å². The van der Waals surface area contributed by atoms with Crippen molar-refractivity contribution in [1.82, 2.24) is 25.1 Å². The van der Waals surface area contributed by atoms with Crippen molar-refractivity contribution in [3.8, 4) is 34.1 Å². The van der Waals surface area contributed by atoms with Crippen LogP contribution in [0.3, 0.4) is 0 Å². The number of aryl methyl sites for hydroxylation is 2. The molecule has 0 bridgehead atoms. The van der Waals surface area contributed by atoms with E-state index in [0.717, 1.165) is 96.6 Å². The smallest absolute Gasteiger partial charge is 0.159 e. The summed E-state index contributed by atoms with van der Waals surface area (Å²) in [6.45, 7) is 4.60. The van der Waals surface area contributed by atoms with Crippen molar-refractivity contribution in [1.29, 1.82) is 0 Å². The van der Waals surface area contributed by atoms with E-state index in [1.54, 1.807) is 14.2 Å². The van der Waals surface area contributed by atoms with Gasteiger partial charge in [-0.3, -0.25) is 10.00 Å². The standard InChI is InChI=1S/C31H33N5O3/c1-37-26-15-22(16-27(19-26)38-2)5-9-25-18-30(35-34-25)31-32-28-10-8-24(17-29(28)33-31)23-6-3-21(4-7-23)20-36-11-13-39-14-12-36/h3-4,6-8,10,15-19H,5,9,11-14,20H2,1-2H3,(H,32,33)(H,34,35). The molecule has 1 aliphatic heterocycles. The molecule has 0 saturated carbocycles. The molecule has 3 aromatic carbocycles. The second-order valence-electron chi connectivity index (χ2n) is 9.90. The summed E-state index contributed by atoms with van der Waals surface area (Å²) in [6, 6.07) is 23.2. The van der Waals surface area contributed by atoms with Gasteiger partial charge in [-0.25, -0.2) is 4.98 Å². The van der Waals surface area contributed by atoms with Crippen molar-refractivity contribution < 1.29 is 14.2 Å². The lowest BCUT2D eigenvalue weighted by molar-refractivity contribution is 0.0342. The summed E-state index contributed by atoms with van der Waals surface area (Å²) >= 11 is 0. The summed E-state index contributed by atoms with van der Waals surface area (Å²) in [6.07, 6.45) is 1.65. The summed E-state index contributed by atoms with van der Waals surface area (Å²) in [7, 11) is 3.33. The number of H-pyrrole nitrogens is 2. The summed E-state index contributed by atoms with van der Waals surface area (Å²) in [5.74, 6) is 2.34. The maximum Gasteiger partial charge on any atom is 0.159 e. The van der Waals surface area contributed by atoms with E-state index in [1.807, 2.05) is 18.2 Å². The van der Waals surface area contributed by atoms with Gasteiger partial charge in [0, 0.05) is 31.4 Å². The van der Waals surface area contributed by atoms with Crippen LogP contribution in [-0.2, 0) is 24.1 Å². The van der Waals surface area contributed by atoms with E-state index in [-0.39, 0.29) is 0 Å². The minimum absolute atomic E-state index is 0.758. The van der Waals surface area contributed by atoms with Gasteiger partial charge in [0.15, 0.2) is 5.82 Å².